The molecule has 3 rings (SSSR count). The van der Waals surface area contributed by atoms with Gasteiger partial charge in [0.15, 0.2) is 5.69 Å². The van der Waals surface area contributed by atoms with E-state index in [4.69, 9.17) is 0 Å². The van der Waals surface area contributed by atoms with Crippen LogP contribution in [0.1, 0.15) is 30.9 Å². The Labute approximate surface area is 143 Å². The van der Waals surface area contributed by atoms with E-state index in [1.807, 2.05) is 31.2 Å². The molecule has 4 nitrogen and oxygen atoms in total. The summed E-state index contributed by atoms with van der Waals surface area (Å²) in [5, 5.41) is 19.5. The van der Waals surface area contributed by atoms with Crippen molar-refractivity contribution >= 4 is 38.2 Å². The van der Waals surface area contributed by atoms with E-state index in [1.165, 1.54) is 5.56 Å². The monoisotopic (exact) mass is 371 g/mol. The highest BCUT2D eigenvalue weighted by Gasteiger charge is 2.12. The lowest BCUT2D eigenvalue weighted by Crippen LogP contribution is -1.85. The van der Waals surface area contributed by atoms with E-state index < -0.39 is 0 Å². The Balaban J connectivity index is 2.04. The third kappa shape index (κ3) is 3.15. The maximum atomic E-state index is 10.1. The second kappa shape index (κ2) is 6.16. The van der Waals surface area contributed by atoms with Gasteiger partial charge in [0.2, 0.25) is 5.88 Å². The van der Waals surface area contributed by atoms with Crippen molar-refractivity contribution in [2.24, 2.45) is 10.2 Å². The van der Waals surface area contributed by atoms with Gasteiger partial charge in [-0.05, 0) is 54.3 Å². The number of aryl methyl sites for hydroxylation is 1. The van der Waals surface area contributed by atoms with Crippen LogP contribution in [0, 0.1) is 6.92 Å². The number of fused-ring (bicyclic) bond motifs is 1. The molecule has 0 unspecified atom stereocenters. The van der Waals surface area contributed by atoms with Crippen LogP contribution >= 0.6 is 15.9 Å². The average Bonchev–Trinajstić information content (AvgIpc) is 2.83. The Bertz CT molecular complexity index is 897. The van der Waals surface area contributed by atoms with Crippen molar-refractivity contribution in [3.8, 4) is 5.88 Å². The number of aromatic nitrogens is 1. The quantitative estimate of drug-likeness (QED) is 0.508. The van der Waals surface area contributed by atoms with E-state index >= 15 is 0 Å². The standard InChI is InChI=1S/C18H18BrN3O/c1-10(2)12-4-7-16-14(9-12)17(18(23)20-16)22-21-13-5-6-15(19)11(3)8-13/h4-10,20,23H,1-3H3. The molecular weight excluding hydrogens is 354 g/mol. The summed E-state index contributed by atoms with van der Waals surface area (Å²) < 4.78 is 1.04. The molecule has 0 saturated heterocycles. The molecule has 118 valence electrons. The molecule has 2 N–H and O–H groups in total. The lowest BCUT2D eigenvalue weighted by Gasteiger charge is -2.04. The predicted molar refractivity (Wildman–Crippen MR) is 97.1 cm³/mol. The van der Waals surface area contributed by atoms with Crippen LogP contribution in [0.5, 0.6) is 5.88 Å². The SMILES string of the molecule is Cc1cc(N=Nc2c(O)[nH]c3ccc(C(C)C)cc23)ccc1Br. The summed E-state index contributed by atoms with van der Waals surface area (Å²) >= 11 is 3.47. The predicted octanol–water partition coefficient (Wildman–Crippen LogP) is 6.48. The highest BCUT2D eigenvalue weighted by atomic mass is 79.9. The van der Waals surface area contributed by atoms with Crippen molar-refractivity contribution in [3.63, 3.8) is 0 Å². The number of rotatable bonds is 3. The van der Waals surface area contributed by atoms with Gasteiger partial charge in [-0.3, -0.25) is 0 Å². The lowest BCUT2D eigenvalue weighted by molar-refractivity contribution is 0.459. The van der Waals surface area contributed by atoms with Gasteiger partial charge in [-0.2, -0.15) is 5.11 Å². The zero-order valence-corrected chi connectivity index (χ0v) is 14.8. The Morgan fingerprint density at radius 1 is 1.09 bits per heavy atom. The van der Waals surface area contributed by atoms with Gasteiger partial charge >= 0.3 is 0 Å². The summed E-state index contributed by atoms with van der Waals surface area (Å²) in [5.74, 6) is 0.453. The first-order chi connectivity index (χ1) is 11.0. The van der Waals surface area contributed by atoms with Crippen LogP contribution in [0.3, 0.4) is 0 Å². The summed E-state index contributed by atoms with van der Waals surface area (Å²) in [6.45, 7) is 6.28. The molecule has 1 heterocycles. The molecule has 0 aliphatic carbocycles. The molecule has 0 spiro atoms. The van der Waals surface area contributed by atoms with Crippen molar-refractivity contribution in [2.45, 2.75) is 26.7 Å². The Kier molecular flexibility index (Phi) is 4.22. The van der Waals surface area contributed by atoms with Crippen molar-refractivity contribution in [3.05, 3.63) is 52.0 Å². The maximum Gasteiger partial charge on any atom is 0.218 e. The van der Waals surface area contributed by atoms with Gasteiger partial charge < -0.3 is 10.1 Å². The highest BCUT2D eigenvalue weighted by molar-refractivity contribution is 9.10. The summed E-state index contributed by atoms with van der Waals surface area (Å²) in [6, 6.07) is 11.8. The van der Waals surface area contributed by atoms with Crippen molar-refractivity contribution in [2.75, 3.05) is 0 Å². The summed E-state index contributed by atoms with van der Waals surface area (Å²) in [6.07, 6.45) is 0. The smallest absolute Gasteiger partial charge is 0.218 e. The number of azo groups is 1. The Hall–Kier alpha value is -2.14. The molecule has 0 aliphatic rings. The van der Waals surface area contributed by atoms with Crippen molar-refractivity contribution in [1.82, 2.24) is 4.98 Å². The molecule has 0 fully saturated rings. The average molecular weight is 372 g/mol. The number of aromatic hydroxyl groups is 1. The zero-order valence-electron chi connectivity index (χ0n) is 13.3. The molecule has 0 radical (unpaired) electrons. The van der Waals surface area contributed by atoms with Gasteiger partial charge in [-0.1, -0.05) is 35.8 Å². The largest absolute Gasteiger partial charge is 0.493 e. The zero-order chi connectivity index (χ0) is 16.6. The molecule has 0 aliphatic heterocycles. The number of H-pyrrole nitrogens is 1. The normalized spacial score (nSPS) is 11.9. The van der Waals surface area contributed by atoms with Crippen LogP contribution in [-0.2, 0) is 0 Å². The van der Waals surface area contributed by atoms with Crippen LogP contribution in [-0.4, -0.2) is 10.1 Å². The third-order valence-electron chi connectivity index (χ3n) is 3.85. The summed E-state index contributed by atoms with van der Waals surface area (Å²) in [4.78, 5) is 2.94. The molecule has 0 atom stereocenters. The minimum absolute atomic E-state index is 0.0403. The number of nitrogens with zero attached hydrogens (tertiary/aromatic N) is 2. The fourth-order valence-electron chi connectivity index (χ4n) is 2.44. The van der Waals surface area contributed by atoms with Gasteiger partial charge in [0.25, 0.3) is 0 Å². The lowest BCUT2D eigenvalue weighted by atomic mass is 10.0. The van der Waals surface area contributed by atoms with E-state index in [0.29, 0.717) is 11.6 Å². The molecule has 0 bridgehead atoms. The molecule has 5 heteroatoms. The van der Waals surface area contributed by atoms with Crippen LogP contribution in [0.15, 0.2) is 51.1 Å². The fourth-order valence-corrected chi connectivity index (χ4v) is 2.69. The Morgan fingerprint density at radius 3 is 2.57 bits per heavy atom. The molecule has 2 aromatic carbocycles. The number of benzene rings is 2. The minimum atomic E-state index is 0.0403. The Morgan fingerprint density at radius 2 is 1.87 bits per heavy atom. The topological polar surface area (TPSA) is 60.7 Å². The second-order valence-electron chi connectivity index (χ2n) is 5.92. The van der Waals surface area contributed by atoms with E-state index in [-0.39, 0.29) is 5.88 Å². The van der Waals surface area contributed by atoms with E-state index in [0.717, 1.165) is 26.6 Å². The van der Waals surface area contributed by atoms with Gasteiger partial charge in [-0.25, -0.2) is 0 Å². The van der Waals surface area contributed by atoms with E-state index in [2.05, 4.69) is 57.1 Å². The number of hydrogen-bond acceptors (Lipinski definition) is 3. The van der Waals surface area contributed by atoms with E-state index in [1.54, 1.807) is 0 Å². The van der Waals surface area contributed by atoms with Crippen molar-refractivity contribution in [1.29, 1.82) is 0 Å². The molecule has 3 aromatic rings. The molecule has 1 aromatic heterocycles. The molecule has 0 amide bonds. The van der Waals surface area contributed by atoms with Gasteiger partial charge in [0.05, 0.1) is 11.2 Å². The summed E-state index contributed by atoms with van der Waals surface area (Å²) in [7, 11) is 0. The van der Waals surface area contributed by atoms with Crippen LogP contribution in [0.2, 0.25) is 0 Å². The summed E-state index contributed by atoms with van der Waals surface area (Å²) in [5.41, 5.74) is 4.37. The molecule has 0 saturated carbocycles. The number of hydrogen-bond donors (Lipinski definition) is 2. The minimum Gasteiger partial charge on any atom is -0.493 e. The maximum absolute atomic E-state index is 10.1. The second-order valence-corrected chi connectivity index (χ2v) is 6.77. The highest BCUT2D eigenvalue weighted by Crippen LogP contribution is 2.37. The first kappa shape index (κ1) is 15.7. The van der Waals surface area contributed by atoms with Crippen LogP contribution in [0.25, 0.3) is 10.9 Å². The number of aromatic amines is 1. The third-order valence-corrected chi connectivity index (χ3v) is 4.74. The first-order valence-electron chi connectivity index (χ1n) is 7.48. The van der Waals surface area contributed by atoms with Crippen LogP contribution in [0.4, 0.5) is 11.4 Å². The van der Waals surface area contributed by atoms with Gasteiger partial charge in [0, 0.05) is 9.86 Å². The van der Waals surface area contributed by atoms with Gasteiger partial charge in [-0.15, -0.1) is 5.11 Å². The number of halogens is 1. The van der Waals surface area contributed by atoms with Gasteiger partial charge in [0.1, 0.15) is 0 Å². The van der Waals surface area contributed by atoms with E-state index in [9.17, 15) is 5.11 Å². The molecule has 23 heavy (non-hydrogen) atoms. The molecular formula is C18H18BrN3O. The van der Waals surface area contributed by atoms with Crippen LogP contribution < -0.4 is 0 Å². The fraction of sp³-hybridized carbons (Fsp3) is 0.222. The number of nitrogens with one attached hydrogen (secondary N) is 1. The van der Waals surface area contributed by atoms with Crippen molar-refractivity contribution < 1.29 is 5.11 Å². The first-order valence-corrected chi connectivity index (χ1v) is 8.27.